The molecule has 0 fully saturated rings. The minimum absolute atomic E-state index is 0.346. The SMILES string of the molecule is COc1cc2ccccc2cc1N(C(N)=O)c1ccc(C)c(F)c1. The van der Waals surface area contributed by atoms with E-state index in [0.717, 1.165) is 10.8 Å². The predicted molar refractivity (Wildman–Crippen MR) is 93.4 cm³/mol. The Morgan fingerprint density at radius 2 is 1.75 bits per heavy atom. The van der Waals surface area contributed by atoms with Crippen LogP contribution in [0.3, 0.4) is 0 Å². The fourth-order valence-electron chi connectivity index (χ4n) is 2.65. The van der Waals surface area contributed by atoms with E-state index in [2.05, 4.69) is 0 Å². The van der Waals surface area contributed by atoms with Gasteiger partial charge in [-0.25, -0.2) is 9.18 Å². The number of aryl methyl sites for hydroxylation is 1. The average molecular weight is 324 g/mol. The minimum Gasteiger partial charge on any atom is -0.495 e. The lowest BCUT2D eigenvalue weighted by atomic mass is 10.1. The van der Waals surface area contributed by atoms with E-state index in [4.69, 9.17) is 10.5 Å². The van der Waals surface area contributed by atoms with Gasteiger partial charge in [-0.1, -0.05) is 30.3 Å². The number of ether oxygens (including phenoxy) is 1. The molecule has 3 rings (SSSR count). The fourth-order valence-corrected chi connectivity index (χ4v) is 2.65. The Balaban J connectivity index is 2.23. The van der Waals surface area contributed by atoms with Gasteiger partial charge >= 0.3 is 6.03 Å². The third-order valence-electron chi connectivity index (χ3n) is 3.92. The highest BCUT2D eigenvalue weighted by atomic mass is 19.1. The molecular weight excluding hydrogens is 307 g/mol. The Morgan fingerprint density at radius 3 is 2.33 bits per heavy atom. The van der Waals surface area contributed by atoms with Gasteiger partial charge in [-0.2, -0.15) is 0 Å². The zero-order valence-electron chi connectivity index (χ0n) is 13.4. The molecule has 122 valence electrons. The van der Waals surface area contributed by atoms with Crippen LogP contribution in [0.4, 0.5) is 20.6 Å². The molecule has 0 radical (unpaired) electrons. The van der Waals surface area contributed by atoms with Gasteiger partial charge in [-0.3, -0.25) is 4.90 Å². The maximum atomic E-state index is 13.9. The molecule has 0 heterocycles. The first-order valence-corrected chi connectivity index (χ1v) is 7.44. The van der Waals surface area contributed by atoms with Crippen molar-refractivity contribution in [2.75, 3.05) is 12.0 Å². The molecule has 5 heteroatoms. The third-order valence-corrected chi connectivity index (χ3v) is 3.92. The van der Waals surface area contributed by atoms with Gasteiger partial charge in [0.1, 0.15) is 11.6 Å². The van der Waals surface area contributed by atoms with Crippen molar-refractivity contribution < 1.29 is 13.9 Å². The number of fused-ring (bicyclic) bond motifs is 1. The Kier molecular flexibility index (Phi) is 4.08. The molecule has 0 saturated carbocycles. The molecule has 0 atom stereocenters. The number of nitrogens with two attached hydrogens (primary N) is 1. The number of hydrogen-bond donors (Lipinski definition) is 1. The number of rotatable bonds is 3. The average Bonchev–Trinajstić information content (AvgIpc) is 2.57. The van der Waals surface area contributed by atoms with E-state index in [9.17, 15) is 9.18 Å². The summed E-state index contributed by atoms with van der Waals surface area (Å²) >= 11 is 0. The largest absolute Gasteiger partial charge is 0.495 e. The van der Waals surface area contributed by atoms with Crippen LogP contribution in [0.5, 0.6) is 5.75 Å². The topological polar surface area (TPSA) is 55.6 Å². The summed E-state index contributed by atoms with van der Waals surface area (Å²) in [5, 5.41) is 1.89. The number of amides is 2. The number of methoxy groups -OCH3 is 1. The predicted octanol–water partition coefficient (Wildman–Crippen LogP) is 4.51. The zero-order chi connectivity index (χ0) is 17.3. The lowest BCUT2D eigenvalue weighted by Crippen LogP contribution is -2.31. The van der Waals surface area contributed by atoms with E-state index in [-0.39, 0.29) is 0 Å². The van der Waals surface area contributed by atoms with Crippen LogP contribution in [0.25, 0.3) is 10.8 Å². The van der Waals surface area contributed by atoms with Crippen LogP contribution in [0.2, 0.25) is 0 Å². The van der Waals surface area contributed by atoms with Gasteiger partial charge in [0, 0.05) is 0 Å². The second-order valence-corrected chi connectivity index (χ2v) is 5.48. The van der Waals surface area contributed by atoms with Crippen molar-refractivity contribution in [3.63, 3.8) is 0 Å². The second kappa shape index (κ2) is 6.20. The fraction of sp³-hybridized carbons (Fsp3) is 0.105. The molecule has 0 aliphatic heterocycles. The van der Waals surface area contributed by atoms with Crippen LogP contribution in [0.1, 0.15) is 5.56 Å². The summed E-state index contributed by atoms with van der Waals surface area (Å²) in [5.41, 5.74) is 6.87. The number of carbonyl (C=O) groups is 1. The minimum atomic E-state index is -0.716. The molecule has 3 aromatic rings. The summed E-state index contributed by atoms with van der Waals surface area (Å²) < 4.78 is 19.4. The molecule has 3 aromatic carbocycles. The number of hydrogen-bond acceptors (Lipinski definition) is 2. The molecule has 0 unspecified atom stereocenters. The summed E-state index contributed by atoms with van der Waals surface area (Å²) in [7, 11) is 1.52. The first kappa shape index (κ1) is 15.8. The highest BCUT2D eigenvalue weighted by Crippen LogP contribution is 2.37. The van der Waals surface area contributed by atoms with Crippen LogP contribution in [0.15, 0.2) is 54.6 Å². The molecule has 4 nitrogen and oxygen atoms in total. The van der Waals surface area contributed by atoms with Crippen LogP contribution in [-0.2, 0) is 0 Å². The Morgan fingerprint density at radius 1 is 1.08 bits per heavy atom. The summed E-state index contributed by atoms with van der Waals surface area (Å²) in [6.07, 6.45) is 0. The summed E-state index contributed by atoms with van der Waals surface area (Å²) in [6, 6.07) is 15.1. The smallest absolute Gasteiger partial charge is 0.324 e. The Bertz CT molecular complexity index is 924. The number of nitrogens with zero attached hydrogens (tertiary/aromatic N) is 1. The van der Waals surface area contributed by atoms with Gasteiger partial charge in [-0.05, 0) is 47.5 Å². The lowest BCUT2D eigenvalue weighted by Gasteiger charge is -2.23. The number of halogens is 1. The monoisotopic (exact) mass is 324 g/mol. The number of benzene rings is 3. The summed E-state index contributed by atoms with van der Waals surface area (Å²) in [6.45, 7) is 1.66. The lowest BCUT2D eigenvalue weighted by molar-refractivity contribution is 0.256. The zero-order valence-corrected chi connectivity index (χ0v) is 13.4. The van der Waals surface area contributed by atoms with Crippen molar-refractivity contribution in [3.05, 3.63) is 66.0 Å². The Labute approximate surface area is 139 Å². The molecule has 2 N–H and O–H groups in total. The number of anilines is 2. The Hall–Kier alpha value is -3.08. The number of urea groups is 1. The first-order valence-electron chi connectivity index (χ1n) is 7.44. The highest BCUT2D eigenvalue weighted by molar-refractivity contribution is 6.02. The quantitative estimate of drug-likeness (QED) is 0.770. The van der Waals surface area contributed by atoms with Crippen molar-refractivity contribution in [2.24, 2.45) is 5.73 Å². The van der Waals surface area contributed by atoms with Crippen LogP contribution >= 0.6 is 0 Å². The van der Waals surface area contributed by atoms with Gasteiger partial charge in [0.25, 0.3) is 0 Å². The summed E-state index contributed by atoms with van der Waals surface area (Å²) in [5.74, 6) is 0.0759. The highest BCUT2D eigenvalue weighted by Gasteiger charge is 2.21. The molecule has 2 amide bonds. The molecule has 0 aliphatic carbocycles. The van der Waals surface area contributed by atoms with Crippen molar-refractivity contribution >= 4 is 28.2 Å². The van der Waals surface area contributed by atoms with Gasteiger partial charge in [0.05, 0.1) is 18.5 Å². The molecule has 0 bridgehead atoms. The van der Waals surface area contributed by atoms with E-state index in [1.165, 1.54) is 18.1 Å². The number of primary amides is 1. The van der Waals surface area contributed by atoms with Gasteiger partial charge < -0.3 is 10.5 Å². The number of carbonyl (C=O) groups excluding carboxylic acids is 1. The normalized spacial score (nSPS) is 10.6. The van der Waals surface area contributed by atoms with Crippen molar-refractivity contribution in [1.29, 1.82) is 0 Å². The van der Waals surface area contributed by atoms with E-state index >= 15 is 0 Å². The standard InChI is InChI=1S/C19H17FN2O2/c1-12-7-8-15(11-16(12)20)22(19(21)23)17-9-13-5-3-4-6-14(13)10-18(17)24-2/h3-11H,1-2H3,(H2,21,23). The third kappa shape index (κ3) is 2.76. The maximum Gasteiger partial charge on any atom is 0.324 e. The molecule has 0 saturated heterocycles. The van der Waals surface area contributed by atoms with Crippen molar-refractivity contribution in [3.8, 4) is 5.75 Å². The first-order chi connectivity index (χ1) is 11.5. The van der Waals surface area contributed by atoms with Crippen molar-refractivity contribution in [1.82, 2.24) is 0 Å². The molecular formula is C19H17FN2O2. The second-order valence-electron chi connectivity index (χ2n) is 5.48. The van der Waals surface area contributed by atoms with Crippen molar-refractivity contribution in [2.45, 2.75) is 6.92 Å². The van der Waals surface area contributed by atoms with E-state index in [0.29, 0.717) is 22.7 Å². The van der Waals surface area contributed by atoms with Crippen LogP contribution in [-0.4, -0.2) is 13.1 Å². The summed E-state index contributed by atoms with van der Waals surface area (Å²) in [4.78, 5) is 13.3. The van der Waals surface area contributed by atoms with E-state index < -0.39 is 11.8 Å². The van der Waals surface area contributed by atoms with Crippen LogP contribution in [0, 0.1) is 12.7 Å². The molecule has 0 aromatic heterocycles. The molecule has 24 heavy (non-hydrogen) atoms. The molecule has 0 aliphatic rings. The van der Waals surface area contributed by atoms with Gasteiger partial charge in [0.2, 0.25) is 0 Å². The van der Waals surface area contributed by atoms with E-state index in [1.54, 1.807) is 25.1 Å². The van der Waals surface area contributed by atoms with E-state index in [1.807, 2.05) is 30.3 Å². The molecule has 0 spiro atoms. The van der Waals surface area contributed by atoms with Gasteiger partial charge in [-0.15, -0.1) is 0 Å². The maximum absolute atomic E-state index is 13.9. The van der Waals surface area contributed by atoms with Crippen LogP contribution < -0.4 is 15.4 Å². The van der Waals surface area contributed by atoms with Gasteiger partial charge in [0.15, 0.2) is 0 Å².